The first-order valence-electron chi connectivity index (χ1n) is 10.3. The maximum atomic E-state index is 12.5. The molecule has 30 heavy (non-hydrogen) atoms. The number of amides is 4. The van der Waals surface area contributed by atoms with E-state index in [1.165, 1.54) is 4.90 Å². The zero-order valence-electron chi connectivity index (χ0n) is 17.2. The molecule has 0 spiro atoms. The molecule has 3 atom stereocenters. The average Bonchev–Trinajstić information content (AvgIpc) is 2.95. The summed E-state index contributed by atoms with van der Waals surface area (Å²) in [5.41, 5.74) is 0.329. The molecule has 0 unspecified atom stereocenters. The summed E-state index contributed by atoms with van der Waals surface area (Å²) in [5.74, 6) is -2.17. The number of esters is 2. The van der Waals surface area contributed by atoms with Crippen molar-refractivity contribution in [1.29, 1.82) is 0 Å². The van der Waals surface area contributed by atoms with Gasteiger partial charge in [-0.3, -0.25) is 19.3 Å². The zero-order valence-corrected chi connectivity index (χ0v) is 17.2. The highest BCUT2D eigenvalue weighted by atomic mass is 16.5. The summed E-state index contributed by atoms with van der Waals surface area (Å²) in [4.78, 5) is 62.2. The molecule has 3 aliphatic rings. The van der Waals surface area contributed by atoms with Crippen molar-refractivity contribution in [2.24, 2.45) is 11.8 Å². The standard InChI is InChI=1S/C20H27N3O7/c1-3-29-19(27)16-11(2)21-20(28)22-14(16)10-30-15(24)8-9-23-17(25)12-6-4-5-7-13(12)18(23)26/h11-13H,3-10H2,1-2H3,(H2,21,22,28)/t11-,12-,13-/m1/s1. The summed E-state index contributed by atoms with van der Waals surface area (Å²) < 4.78 is 10.2. The van der Waals surface area contributed by atoms with Crippen LogP contribution in [-0.4, -0.2) is 60.5 Å². The Morgan fingerprint density at radius 2 is 1.70 bits per heavy atom. The fourth-order valence-corrected chi connectivity index (χ4v) is 4.27. The number of nitrogens with zero attached hydrogens (tertiary/aromatic N) is 1. The third kappa shape index (κ3) is 4.47. The van der Waals surface area contributed by atoms with Crippen molar-refractivity contribution < 1.29 is 33.4 Å². The Morgan fingerprint density at radius 3 is 2.30 bits per heavy atom. The van der Waals surface area contributed by atoms with Gasteiger partial charge in [-0.1, -0.05) is 12.8 Å². The van der Waals surface area contributed by atoms with E-state index < -0.39 is 24.0 Å². The molecule has 0 aromatic carbocycles. The van der Waals surface area contributed by atoms with E-state index in [2.05, 4.69) is 10.6 Å². The third-order valence-electron chi connectivity index (χ3n) is 5.71. The molecule has 2 aliphatic heterocycles. The average molecular weight is 421 g/mol. The molecule has 0 aromatic rings. The Balaban J connectivity index is 1.57. The molecule has 10 nitrogen and oxygen atoms in total. The van der Waals surface area contributed by atoms with Gasteiger partial charge in [0.2, 0.25) is 11.8 Å². The maximum Gasteiger partial charge on any atom is 0.338 e. The Morgan fingerprint density at radius 1 is 1.07 bits per heavy atom. The number of fused-ring (bicyclic) bond motifs is 1. The van der Waals surface area contributed by atoms with E-state index in [1.54, 1.807) is 13.8 Å². The molecule has 0 radical (unpaired) electrons. The van der Waals surface area contributed by atoms with Crippen molar-refractivity contribution in [2.45, 2.75) is 52.0 Å². The normalized spacial score (nSPS) is 26.1. The molecule has 164 valence electrons. The van der Waals surface area contributed by atoms with Crippen LogP contribution in [0.15, 0.2) is 11.3 Å². The third-order valence-corrected chi connectivity index (χ3v) is 5.71. The van der Waals surface area contributed by atoms with Gasteiger partial charge in [0, 0.05) is 6.54 Å². The van der Waals surface area contributed by atoms with Gasteiger partial charge in [0.25, 0.3) is 0 Å². The van der Waals surface area contributed by atoms with Crippen LogP contribution in [0, 0.1) is 11.8 Å². The van der Waals surface area contributed by atoms with Crippen molar-refractivity contribution >= 4 is 29.8 Å². The zero-order chi connectivity index (χ0) is 21.8. The lowest BCUT2D eigenvalue weighted by Crippen LogP contribution is -2.50. The second-order valence-corrected chi connectivity index (χ2v) is 7.67. The summed E-state index contributed by atoms with van der Waals surface area (Å²) in [6.45, 7) is 3.09. The fraction of sp³-hybridized carbons (Fsp3) is 0.650. The second-order valence-electron chi connectivity index (χ2n) is 7.67. The maximum absolute atomic E-state index is 12.5. The highest BCUT2D eigenvalue weighted by Crippen LogP contribution is 2.37. The molecule has 2 N–H and O–H groups in total. The minimum Gasteiger partial charge on any atom is -0.463 e. The first kappa shape index (κ1) is 21.8. The van der Waals surface area contributed by atoms with Gasteiger partial charge in [0.15, 0.2) is 0 Å². The van der Waals surface area contributed by atoms with Crippen LogP contribution in [0.3, 0.4) is 0 Å². The van der Waals surface area contributed by atoms with Crippen molar-refractivity contribution in [3.8, 4) is 0 Å². The number of carbonyl (C=O) groups excluding carboxylic acids is 5. The van der Waals surface area contributed by atoms with E-state index in [0.29, 0.717) is 12.8 Å². The Hall–Kier alpha value is -2.91. The Labute approximate surface area is 174 Å². The van der Waals surface area contributed by atoms with Crippen LogP contribution in [0.2, 0.25) is 0 Å². The van der Waals surface area contributed by atoms with Crippen molar-refractivity contribution in [1.82, 2.24) is 15.5 Å². The highest BCUT2D eigenvalue weighted by Gasteiger charge is 2.47. The number of rotatable bonds is 7. The summed E-state index contributed by atoms with van der Waals surface area (Å²) in [5, 5.41) is 5.02. The van der Waals surface area contributed by atoms with Crippen LogP contribution < -0.4 is 10.6 Å². The molecule has 2 fully saturated rings. The smallest absolute Gasteiger partial charge is 0.338 e. The molecule has 4 amide bonds. The van der Waals surface area contributed by atoms with Crippen molar-refractivity contribution in [2.75, 3.05) is 19.8 Å². The van der Waals surface area contributed by atoms with Gasteiger partial charge in [-0.2, -0.15) is 0 Å². The second kappa shape index (κ2) is 9.27. The number of nitrogens with one attached hydrogen (secondary N) is 2. The van der Waals surface area contributed by atoms with Crippen LogP contribution >= 0.6 is 0 Å². The van der Waals surface area contributed by atoms with E-state index in [1.807, 2.05) is 0 Å². The predicted octanol–water partition coefficient (Wildman–Crippen LogP) is 0.613. The van der Waals surface area contributed by atoms with E-state index in [-0.39, 0.29) is 61.1 Å². The van der Waals surface area contributed by atoms with Gasteiger partial charge in [-0.15, -0.1) is 0 Å². The number of carbonyl (C=O) groups is 5. The number of ether oxygens (including phenoxy) is 2. The van der Waals surface area contributed by atoms with Crippen LogP contribution in [0.1, 0.15) is 46.0 Å². The molecule has 0 aromatic heterocycles. The van der Waals surface area contributed by atoms with E-state index >= 15 is 0 Å². The monoisotopic (exact) mass is 421 g/mol. The number of urea groups is 1. The number of likely N-dealkylation sites (tertiary alicyclic amines) is 1. The van der Waals surface area contributed by atoms with E-state index in [9.17, 15) is 24.0 Å². The first-order chi connectivity index (χ1) is 14.3. The molecule has 1 saturated carbocycles. The minimum atomic E-state index is -0.637. The van der Waals surface area contributed by atoms with Crippen LogP contribution in [0.25, 0.3) is 0 Å². The lowest BCUT2D eigenvalue weighted by Gasteiger charge is -2.26. The predicted molar refractivity (Wildman–Crippen MR) is 103 cm³/mol. The highest BCUT2D eigenvalue weighted by molar-refractivity contribution is 6.05. The van der Waals surface area contributed by atoms with Crippen LogP contribution in [-0.2, 0) is 28.7 Å². The van der Waals surface area contributed by atoms with Gasteiger partial charge < -0.3 is 20.1 Å². The van der Waals surface area contributed by atoms with Crippen LogP contribution in [0.4, 0.5) is 4.79 Å². The summed E-state index contributed by atoms with van der Waals surface area (Å²) in [7, 11) is 0. The minimum absolute atomic E-state index is 0.0302. The lowest BCUT2D eigenvalue weighted by molar-refractivity contribution is -0.146. The molecule has 10 heteroatoms. The van der Waals surface area contributed by atoms with Gasteiger partial charge in [0.05, 0.1) is 42.2 Å². The topological polar surface area (TPSA) is 131 Å². The van der Waals surface area contributed by atoms with Gasteiger partial charge in [-0.05, 0) is 26.7 Å². The molecule has 2 heterocycles. The van der Waals surface area contributed by atoms with Gasteiger partial charge >= 0.3 is 18.0 Å². The summed E-state index contributed by atoms with van der Waals surface area (Å²) >= 11 is 0. The molecule has 1 aliphatic carbocycles. The molecule has 3 rings (SSSR count). The Bertz CT molecular complexity index is 767. The largest absolute Gasteiger partial charge is 0.463 e. The van der Waals surface area contributed by atoms with Gasteiger partial charge in [0.1, 0.15) is 6.61 Å². The first-order valence-corrected chi connectivity index (χ1v) is 10.3. The summed E-state index contributed by atoms with van der Waals surface area (Å²) in [6.07, 6.45) is 3.15. The molecule has 1 saturated heterocycles. The molecular formula is C20H27N3O7. The quantitative estimate of drug-likeness (QED) is 0.455. The molecular weight excluding hydrogens is 394 g/mol. The fourth-order valence-electron chi connectivity index (χ4n) is 4.27. The van der Waals surface area contributed by atoms with E-state index in [0.717, 1.165) is 12.8 Å². The van der Waals surface area contributed by atoms with Crippen molar-refractivity contribution in [3.63, 3.8) is 0 Å². The summed E-state index contributed by atoms with van der Waals surface area (Å²) in [6, 6.07) is -1.12. The molecule has 0 bridgehead atoms. The number of imide groups is 1. The Kier molecular flexibility index (Phi) is 6.73. The lowest BCUT2D eigenvalue weighted by atomic mass is 9.81. The van der Waals surface area contributed by atoms with E-state index in [4.69, 9.17) is 9.47 Å². The SMILES string of the molecule is CCOC(=O)C1=C(COC(=O)CCN2C(=O)[C@@H]3CCCC[C@H]3C2=O)NC(=O)N[C@@H]1C. The number of hydrogen-bond donors (Lipinski definition) is 2. The number of hydrogen-bond acceptors (Lipinski definition) is 7. The van der Waals surface area contributed by atoms with Crippen LogP contribution in [0.5, 0.6) is 0 Å². The van der Waals surface area contributed by atoms with Gasteiger partial charge in [-0.25, -0.2) is 9.59 Å². The van der Waals surface area contributed by atoms with Crippen molar-refractivity contribution in [3.05, 3.63) is 11.3 Å².